The van der Waals surface area contributed by atoms with Gasteiger partial charge in [0.05, 0.1) is 11.1 Å². The Hall–Kier alpha value is -1.45. The zero-order chi connectivity index (χ0) is 13.1. The lowest BCUT2D eigenvalue weighted by atomic mass is 10.0. The number of halogens is 3. The summed E-state index contributed by atoms with van der Waals surface area (Å²) in [6.07, 6.45) is -0.800. The summed E-state index contributed by atoms with van der Waals surface area (Å²) in [5.74, 6) is -0.962. The average Bonchev–Trinajstić information content (AvgIpc) is 2.35. The summed E-state index contributed by atoms with van der Waals surface area (Å²) in [5.41, 5.74) is 0.870. The van der Waals surface area contributed by atoms with Crippen molar-refractivity contribution in [2.24, 2.45) is 0 Å². The van der Waals surface area contributed by atoms with Crippen LogP contribution < -0.4 is 0 Å². The fourth-order valence-electron chi connectivity index (χ4n) is 1.73. The highest BCUT2D eigenvalue weighted by Crippen LogP contribution is 2.25. The van der Waals surface area contributed by atoms with Gasteiger partial charge in [0.25, 0.3) is 0 Å². The summed E-state index contributed by atoms with van der Waals surface area (Å²) < 4.78 is 26.4. The van der Waals surface area contributed by atoms with E-state index in [1.54, 1.807) is 18.2 Å². The summed E-state index contributed by atoms with van der Waals surface area (Å²) in [4.78, 5) is 0. The van der Waals surface area contributed by atoms with Crippen LogP contribution in [0, 0.1) is 11.6 Å². The van der Waals surface area contributed by atoms with E-state index in [9.17, 15) is 13.9 Å². The van der Waals surface area contributed by atoms with Crippen LogP contribution in [-0.2, 0) is 6.42 Å². The number of hydrogen-bond donors (Lipinski definition) is 1. The Morgan fingerprint density at radius 1 is 1.06 bits per heavy atom. The van der Waals surface area contributed by atoms with Gasteiger partial charge in [-0.1, -0.05) is 35.9 Å². The number of aliphatic hydroxyl groups excluding tert-OH is 1. The number of benzene rings is 2. The van der Waals surface area contributed by atoms with Crippen molar-refractivity contribution in [2.45, 2.75) is 12.5 Å². The van der Waals surface area contributed by atoms with Crippen molar-refractivity contribution in [2.75, 3.05) is 0 Å². The molecule has 0 bridgehead atoms. The highest BCUT2D eigenvalue weighted by molar-refractivity contribution is 6.30. The van der Waals surface area contributed by atoms with Crippen LogP contribution in [0.2, 0.25) is 5.02 Å². The molecule has 0 aliphatic rings. The molecule has 2 aromatic carbocycles. The molecule has 2 rings (SSSR count). The molecule has 0 aromatic heterocycles. The van der Waals surface area contributed by atoms with Gasteiger partial charge < -0.3 is 5.11 Å². The second kappa shape index (κ2) is 5.46. The molecule has 18 heavy (non-hydrogen) atoms. The molecule has 0 radical (unpaired) electrons. The van der Waals surface area contributed by atoms with Gasteiger partial charge in [-0.05, 0) is 23.8 Å². The Labute approximate surface area is 109 Å². The number of aliphatic hydroxyl groups is 1. The summed E-state index contributed by atoms with van der Waals surface area (Å²) in [6, 6.07) is 10.2. The lowest BCUT2D eigenvalue weighted by molar-refractivity contribution is 0.173. The summed E-state index contributed by atoms with van der Waals surface area (Å²) in [5, 5.41) is 9.93. The normalized spacial score (nSPS) is 12.4. The number of rotatable bonds is 3. The Bertz CT molecular complexity index is 540. The van der Waals surface area contributed by atoms with E-state index in [2.05, 4.69) is 0 Å². The third-order valence-electron chi connectivity index (χ3n) is 2.68. The molecule has 0 spiro atoms. The maximum atomic E-state index is 13.7. The first kappa shape index (κ1) is 13.0. The van der Waals surface area contributed by atoms with Gasteiger partial charge in [0.15, 0.2) is 0 Å². The Balaban J connectivity index is 2.19. The highest BCUT2D eigenvalue weighted by atomic mass is 35.5. The first-order valence-electron chi connectivity index (χ1n) is 5.44. The van der Waals surface area contributed by atoms with Crippen LogP contribution in [0.3, 0.4) is 0 Å². The van der Waals surface area contributed by atoms with Gasteiger partial charge in [-0.2, -0.15) is 0 Å². The van der Waals surface area contributed by atoms with E-state index in [0.717, 1.165) is 5.56 Å². The first-order chi connectivity index (χ1) is 8.58. The van der Waals surface area contributed by atoms with E-state index in [1.165, 1.54) is 24.3 Å². The van der Waals surface area contributed by atoms with Crippen molar-refractivity contribution >= 4 is 11.6 Å². The van der Waals surface area contributed by atoms with Crippen molar-refractivity contribution in [1.29, 1.82) is 0 Å². The first-order valence-corrected chi connectivity index (χ1v) is 5.82. The largest absolute Gasteiger partial charge is 0.388 e. The molecule has 94 valence electrons. The maximum Gasteiger partial charge on any atom is 0.147 e. The van der Waals surface area contributed by atoms with Crippen molar-refractivity contribution < 1.29 is 13.9 Å². The molecule has 1 nitrogen and oxygen atoms in total. The van der Waals surface area contributed by atoms with Gasteiger partial charge in [0, 0.05) is 12.0 Å². The number of hydrogen-bond acceptors (Lipinski definition) is 1. The fourth-order valence-corrected chi connectivity index (χ4v) is 1.91. The second-order valence-corrected chi connectivity index (χ2v) is 4.40. The van der Waals surface area contributed by atoms with Crippen molar-refractivity contribution in [3.05, 3.63) is 70.2 Å². The van der Waals surface area contributed by atoms with E-state index < -0.39 is 11.9 Å². The molecular weight excluding hydrogens is 258 g/mol. The molecular formula is C14H11ClF2O. The zero-order valence-corrected chi connectivity index (χ0v) is 10.2. The molecule has 0 aliphatic carbocycles. The molecule has 1 unspecified atom stereocenters. The van der Waals surface area contributed by atoms with E-state index in [4.69, 9.17) is 11.6 Å². The molecule has 0 saturated heterocycles. The monoisotopic (exact) mass is 268 g/mol. The minimum absolute atomic E-state index is 0.0225. The van der Waals surface area contributed by atoms with E-state index >= 15 is 0 Å². The molecule has 1 N–H and O–H groups in total. The van der Waals surface area contributed by atoms with Crippen molar-refractivity contribution in [3.8, 4) is 0 Å². The molecule has 2 aromatic rings. The summed E-state index contributed by atoms with van der Waals surface area (Å²) >= 11 is 5.65. The van der Waals surface area contributed by atoms with Crippen LogP contribution in [-0.4, -0.2) is 5.11 Å². The summed E-state index contributed by atoms with van der Waals surface area (Å²) in [7, 11) is 0. The van der Waals surface area contributed by atoms with E-state index in [1.807, 2.05) is 0 Å². The molecule has 0 amide bonds. The van der Waals surface area contributed by atoms with Gasteiger partial charge in [0.1, 0.15) is 11.6 Å². The van der Waals surface area contributed by atoms with Crippen LogP contribution >= 0.6 is 11.6 Å². The van der Waals surface area contributed by atoms with Crippen molar-refractivity contribution in [1.82, 2.24) is 0 Å². The van der Waals surface area contributed by atoms with Gasteiger partial charge in [-0.15, -0.1) is 0 Å². The predicted molar refractivity (Wildman–Crippen MR) is 66.5 cm³/mol. The van der Waals surface area contributed by atoms with Crippen LogP contribution in [0.15, 0.2) is 42.5 Å². The van der Waals surface area contributed by atoms with Crippen LogP contribution in [0.4, 0.5) is 8.78 Å². The smallest absolute Gasteiger partial charge is 0.147 e. The Kier molecular flexibility index (Phi) is 3.94. The summed E-state index contributed by atoms with van der Waals surface area (Å²) in [6.45, 7) is 0. The van der Waals surface area contributed by atoms with Gasteiger partial charge in [-0.3, -0.25) is 0 Å². The van der Waals surface area contributed by atoms with Gasteiger partial charge in [-0.25, -0.2) is 8.78 Å². The minimum Gasteiger partial charge on any atom is -0.388 e. The lowest BCUT2D eigenvalue weighted by Crippen LogP contribution is -2.04. The topological polar surface area (TPSA) is 20.2 Å². The Morgan fingerprint density at radius 3 is 2.39 bits per heavy atom. The van der Waals surface area contributed by atoms with Crippen LogP contribution in [0.5, 0.6) is 0 Å². The van der Waals surface area contributed by atoms with Crippen molar-refractivity contribution in [3.63, 3.8) is 0 Å². The highest BCUT2D eigenvalue weighted by Gasteiger charge is 2.15. The third-order valence-corrected chi connectivity index (χ3v) is 2.97. The maximum absolute atomic E-state index is 13.7. The Morgan fingerprint density at radius 2 is 1.72 bits per heavy atom. The molecule has 0 heterocycles. The van der Waals surface area contributed by atoms with E-state index in [0.29, 0.717) is 0 Å². The average molecular weight is 269 g/mol. The third kappa shape index (κ3) is 2.86. The predicted octanol–water partition coefficient (Wildman–Crippen LogP) is 3.89. The SMILES string of the molecule is OC(Cc1ccc(F)cc1)c1cccc(Cl)c1F. The van der Waals surface area contributed by atoms with E-state index in [-0.39, 0.29) is 22.8 Å². The van der Waals surface area contributed by atoms with Gasteiger partial charge in [0.2, 0.25) is 0 Å². The zero-order valence-electron chi connectivity index (χ0n) is 9.41. The fraction of sp³-hybridized carbons (Fsp3) is 0.143. The standard InChI is InChI=1S/C14H11ClF2O/c15-12-3-1-2-11(14(12)17)13(18)8-9-4-6-10(16)7-5-9/h1-7,13,18H,8H2. The van der Waals surface area contributed by atoms with Crippen LogP contribution in [0.25, 0.3) is 0 Å². The van der Waals surface area contributed by atoms with Crippen LogP contribution in [0.1, 0.15) is 17.2 Å². The molecule has 0 fully saturated rings. The quantitative estimate of drug-likeness (QED) is 0.895. The molecule has 4 heteroatoms. The lowest BCUT2D eigenvalue weighted by Gasteiger charge is -2.12. The molecule has 0 aliphatic heterocycles. The minimum atomic E-state index is -1.01. The second-order valence-electron chi connectivity index (χ2n) is 3.99. The molecule has 0 saturated carbocycles. The van der Waals surface area contributed by atoms with Gasteiger partial charge >= 0.3 is 0 Å². The molecule has 1 atom stereocenters.